The van der Waals surface area contributed by atoms with Crippen molar-refractivity contribution in [3.8, 4) is 0 Å². The van der Waals surface area contributed by atoms with Crippen LogP contribution in [-0.4, -0.2) is 41.1 Å². The lowest BCUT2D eigenvalue weighted by Crippen LogP contribution is -2.47. The van der Waals surface area contributed by atoms with Crippen LogP contribution in [0.1, 0.15) is 59.3 Å². The molecule has 0 aromatic carbocycles. The maximum atomic E-state index is 12.4. The molecule has 5 nitrogen and oxygen atoms in total. The molecule has 0 bridgehead atoms. The molecule has 0 spiro atoms. The van der Waals surface area contributed by atoms with Crippen LogP contribution in [0.15, 0.2) is 0 Å². The number of urea groups is 1. The normalized spacial score (nSPS) is 17.0. The average molecular weight is 298 g/mol. The number of hydrogen-bond acceptors (Lipinski definition) is 2. The van der Waals surface area contributed by atoms with Gasteiger partial charge in [-0.2, -0.15) is 0 Å². The summed E-state index contributed by atoms with van der Waals surface area (Å²) in [4.78, 5) is 25.4. The minimum atomic E-state index is -0.840. The third-order valence-electron chi connectivity index (χ3n) is 4.32. The van der Waals surface area contributed by atoms with Crippen LogP contribution in [0, 0.1) is 11.8 Å². The number of carbonyl (C=O) groups is 2. The number of nitrogens with zero attached hydrogens (tertiary/aromatic N) is 1. The highest BCUT2D eigenvalue weighted by Gasteiger charge is 2.27. The fourth-order valence-electron chi connectivity index (χ4n) is 2.78. The lowest BCUT2D eigenvalue weighted by Gasteiger charge is -2.30. The van der Waals surface area contributed by atoms with Crippen LogP contribution < -0.4 is 5.32 Å². The molecule has 1 aliphatic carbocycles. The van der Waals surface area contributed by atoms with Crippen molar-refractivity contribution in [2.45, 2.75) is 65.3 Å². The summed E-state index contributed by atoms with van der Waals surface area (Å²) >= 11 is 0. The zero-order valence-corrected chi connectivity index (χ0v) is 13.6. The Labute approximate surface area is 128 Å². The fraction of sp³-hybridized carbons (Fsp3) is 0.875. The largest absolute Gasteiger partial charge is 0.481 e. The van der Waals surface area contributed by atoms with Gasteiger partial charge in [0.2, 0.25) is 0 Å². The second kappa shape index (κ2) is 8.90. The van der Waals surface area contributed by atoms with Crippen LogP contribution in [0.3, 0.4) is 0 Å². The molecule has 1 atom stereocenters. The maximum Gasteiger partial charge on any atom is 0.317 e. The topological polar surface area (TPSA) is 69.6 Å². The molecule has 1 saturated carbocycles. The van der Waals surface area contributed by atoms with Gasteiger partial charge in [-0.05, 0) is 31.6 Å². The van der Waals surface area contributed by atoms with Crippen molar-refractivity contribution in [3.05, 3.63) is 0 Å². The van der Waals surface area contributed by atoms with Gasteiger partial charge in [0, 0.05) is 19.1 Å². The maximum absolute atomic E-state index is 12.4. The molecule has 21 heavy (non-hydrogen) atoms. The van der Waals surface area contributed by atoms with E-state index in [1.54, 1.807) is 0 Å². The van der Waals surface area contributed by atoms with E-state index in [0.717, 1.165) is 25.8 Å². The number of carboxylic acid groups (broad SMARTS) is 1. The molecule has 2 N–H and O–H groups in total. The lowest BCUT2D eigenvalue weighted by atomic mass is 10.1. The van der Waals surface area contributed by atoms with E-state index < -0.39 is 11.9 Å². The van der Waals surface area contributed by atoms with E-state index >= 15 is 0 Å². The highest BCUT2D eigenvalue weighted by atomic mass is 16.4. The van der Waals surface area contributed by atoms with Crippen LogP contribution >= 0.6 is 0 Å². The van der Waals surface area contributed by atoms with Gasteiger partial charge >= 0.3 is 12.0 Å². The van der Waals surface area contributed by atoms with E-state index in [1.807, 2.05) is 11.8 Å². The van der Waals surface area contributed by atoms with Crippen LogP contribution in [-0.2, 0) is 4.79 Å². The smallest absolute Gasteiger partial charge is 0.317 e. The zero-order chi connectivity index (χ0) is 15.8. The first-order valence-corrected chi connectivity index (χ1v) is 8.23. The Morgan fingerprint density at radius 3 is 2.38 bits per heavy atom. The minimum absolute atomic E-state index is 0.0951. The SMILES string of the molecule is CCC(CNC(=O)N(CCC(C)C)C1CCCC1)C(=O)O. The molecule has 2 amide bonds. The number of carbonyl (C=O) groups excluding carboxylic acids is 1. The van der Waals surface area contributed by atoms with Gasteiger partial charge in [0.25, 0.3) is 0 Å². The van der Waals surface area contributed by atoms with E-state index in [0.29, 0.717) is 18.4 Å². The molecular formula is C16H30N2O3. The summed E-state index contributed by atoms with van der Waals surface area (Å²) in [6.45, 7) is 7.12. The van der Waals surface area contributed by atoms with Gasteiger partial charge in [-0.1, -0.05) is 33.6 Å². The molecule has 0 aliphatic heterocycles. The van der Waals surface area contributed by atoms with Gasteiger partial charge in [-0.25, -0.2) is 4.79 Å². The van der Waals surface area contributed by atoms with Crippen LogP contribution in [0.4, 0.5) is 4.79 Å². The van der Waals surface area contributed by atoms with Gasteiger partial charge < -0.3 is 15.3 Å². The highest BCUT2D eigenvalue weighted by Crippen LogP contribution is 2.24. The Morgan fingerprint density at radius 1 is 1.29 bits per heavy atom. The van der Waals surface area contributed by atoms with Crippen molar-refractivity contribution in [2.75, 3.05) is 13.1 Å². The predicted octanol–water partition coefficient (Wildman–Crippen LogP) is 3.10. The first-order valence-electron chi connectivity index (χ1n) is 8.23. The predicted molar refractivity (Wildman–Crippen MR) is 83.2 cm³/mol. The molecule has 0 saturated heterocycles. The van der Waals surface area contributed by atoms with Crippen molar-refractivity contribution < 1.29 is 14.7 Å². The highest BCUT2D eigenvalue weighted by molar-refractivity contribution is 5.76. The number of hydrogen-bond donors (Lipinski definition) is 2. The average Bonchev–Trinajstić information content (AvgIpc) is 2.92. The molecule has 1 aliphatic rings. The minimum Gasteiger partial charge on any atom is -0.481 e. The first-order chi connectivity index (χ1) is 9.95. The van der Waals surface area contributed by atoms with E-state index in [1.165, 1.54) is 12.8 Å². The zero-order valence-electron chi connectivity index (χ0n) is 13.6. The van der Waals surface area contributed by atoms with E-state index in [2.05, 4.69) is 19.2 Å². The third kappa shape index (κ3) is 5.94. The summed E-state index contributed by atoms with van der Waals surface area (Å²) in [6.07, 6.45) is 6.03. The molecule has 1 rings (SSSR count). The Bertz CT molecular complexity index is 338. The summed E-state index contributed by atoms with van der Waals surface area (Å²) in [5.41, 5.74) is 0. The number of nitrogens with one attached hydrogen (secondary N) is 1. The first kappa shape index (κ1) is 17.8. The number of amides is 2. The number of rotatable bonds is 8. The van der Waals surface area contributed by atoms with Crippen molar-refractivity contribution >= 4 is 12.0 Å². The molecule has 122 valence electrons. The third-order valence-corrected chi connectivity index (χ3v) is 4.32. The standard InChI is InChI=1S/C16H30N2O3/c1-4-13(15(19)20)11-17-16(21)18(10-9-12(2)3)14-7-5-6-8-14/h12-14H,4-11H2,1-3H3,(H,17,21)(H,19,20). The van der Waals surface area contributed by atoms with Crippen molar-refractivity contribution in [1.82, 2.24) is 10.2 Å². The monoisotopic (exact) mass is 298 g/mol. The molecule has 5 heteroatoms. The summed E-state index contributed by atoms with van der Waals surface area (Å²) in [7, 11) is 0. The van der Waals surface area contributed by atoms with Gasteiger partial charge in [0.1, 0.15) is 0 Å². The Hall–Kier alpha value is -1.26. The van der Waals surface area contributed by atoms with Crippen molar-refractivity contribution in [3.63, 3.8) is 0 Å². The van der Waals surface area contributed by atoms with Crippen LogP contribution in [0.2, 0.25) is 0 Å². The number of aliphatic carboxylic acids is 1. The van der Waals surface area contributed by atoms with Crippen LogP contribution in [0.5, 0.6) is 0 Å². The van der Waals surface area contributed by atoms with E-state index in [-0.39, 0.29) is 12.6 Å². The van der Waals surface area contributed by atoms with E-state index in [9.17, 15) is 9.59 Å². The molecular weight excluding hydrogens is 268 g/mol. The quantitative estimate of drug-likeness (QED) is 0.723. The molecule has 0 heterocycles. The Kier molecular flexibility index (Phi) is 7.54. The van der Waals surface area contributed by atoms with Crippen LogP contribution in [0.25, 0.3) is 0 Å². The molecule has 1 fully saturated rings. The summed E-state index contributed by atoms with van der Waals surface area (Å²) in [6, 6.07) is 0.232. The number of carboxylic acids is 1. The van der Waals surface area contributed by atoms with E-state index in [4.69, 9.17) is 5.11 Å². The van der Waals surface area contributed by atoms with Gasteiger partial charge in [0.15, 0.2) is 0 Å². The fourth-order valence-corrected chi connectivity index (χ4v) is 2.78. The summed E-state index contributed by atoms with van der Waals surface area (Å²) in [5, 5.41) is 11.9. The van der Waals surface area contributed by atoms with Crippen molar-refractivity contribution in [1.29, 1.82) is 0 Å². The molecule has 1 unspecified atom stereocenters. The molecule has 0 aromatic heterocycles. The molecule has 0 radical (unpaired) electrons. The second-order valence-electron chi connectivity index (χ2n) is 6.44. The van der Waals surface area contributed by atoms with Gasteiger partial charge in [-0.3, -0.25) is 4.79 Å². The molecule has 0 aromatic rings. The second-order valence-corrected chi connectivity index (χ2v) is 6.44. The lowest BCUT2D eigenvalue weighted by molar-refractivity contribution is -0.141. The Morgan fingerprint density at radius 2 is 1.90 bits per heavy atom. The van der Waals surface area contributed by atoms with Gasteiger partial charge in [0.05, 0.1) is 5.92 Å². The Balaban J connectivity index is 2.55. The van der Waals surface area contributed by atoms with Gasteiger partial charge in [-0.15, -0.1) is 0 Å². The summed E-state index contributed by atoms with van der Waals surface area (Å²) in [5.74, 6) is -0.777. The van der Waals surface area contributed by atoms with Crippen molar-refractivity contribution in [2.24, 2.45) is 11.8 Å². The summed E-state index contributed by atoms with van der Waals surface area (Å²) < 4.78 is 0.